The van der Waals surface area contributed by atoms with Crippen molar-refractivity contribution in [3.8, 4) is 17.3 Å². The van der Waals surface area contributed by atoms with Gasteiger partial charge in [0.2, 0.25) is 0 Å². The average molecular weight is 364 g/mol. The van der Waals surface area contributed by atoms with E-state index < -0.39 is 11.4 Å². The molecule has 7 nitrogen and oxygen atoms in total. The fourth-order valence-electron chi connectivity index (χ4n) is 2.60. The van der Waals surface area contributed by atoms with Crippen LogP contribution in [0.3, 0.4) is 0 Å². The minimum atomic E-state index is -0.535. The highest BCUT2D eigenvalue weighted by atomic mass is 35.5. The lowest BCUT2D eigenvalue weighted by atomic mass is 9.77. The van der Waals surface area contributed by atoms with Crippen molar-refractivity contribution in [2.45, 2.75) is 24.8 Å². The molecule has 0 unspecified atom stereocenters. The monoisotopic (exact) mass is 363 g/mol. The molecular weight excluding hydrogens is 349 g/mol. The van der Waals surface area contributed by atoms with Crippen LogP contribution in [-0.2, 0) is 5.54 Å². The van der Waals surface area contributed by atoms with E-state index in [1.165, 1.54) is 36.4 Å². The summed E-state index contributed by atoms with van der Waals surface area (Å²) in [4.78, 5) is 16.3. The first-order valence-electron chi connectivity index (χ1n) is 7.55. The maximum absolute atomic E-state index is 13.0. The Hall–Kier alpha value is -2.58. The summed E-state index contributed by atoms with van der Waals surface area (Å²) in [7, 11) is 0. The van der Waals surface area contributed by atoms with Crippen molar-refractivity contribution >= 4 is 12.4 Å². The smallest absolute Gasteiger partial charge is 0.278 e. The van der Waals surface area contributed by atoms with Gasteiger partial charge in [0.1, 0.15) is 11.5 Å². The van der Waals surface area contributed by atoms with Crippen LogP contribution >= 0.6 is 12.4 Å². The van der Waals surface area contributed by atoms with Gasteiger partial charge >= 0.3 is 0 Å². The highest BCUT2D eigenvalue weighted by Gasteiger charge is 2.39. The van der Waals surface area contributed by atoms with Crippen molar-refractivity contribution in [2.24, 2.45) is 5.73 Å². The number of hydrogen-bond acceptors (Lipinski definition) is 6. The predicted molar refractivity (Wildman–Crippen MR) is 90.0 cm³/mol. The van der Waals surface area contributed by atoms with Crippen LogP contribution in [0.5, 0.6) is 0 Å². The molecule has 0 atom stereocenters. The molecule has 0 aliphatic heterocycles. The lowest BCUT2D eigenvalue weighted by Crippen LogP contribution is -2.44. The van der Waals surface area contributed by atoms with Gasteiger partial charge in [0, 0.05) is 6.07 Å². The number of hydrogen-bond donors (Lipinski definition) is 1. The van der Waals surface area contributed by atoms with E-state index in [0.717, 1.165) is 23.9 Å². The van der Waals surface area contributed by atoms with Crippen molar-refractivity contribution in [1.29, 1.82) is 0 Å². The van der Waals surface area contributed by atoms with Gasteiger partial charge in [0.05, 0.1) is 11.2 Å². The fourth-order valence-corrected chi connectivity index (χ4v) is 2.60. The topological polar surface area (TPSA) is 99.8 Å². The number of halogens is 2. The van der Waals surface area contributed by atoms with Gasteiger partial charge in [-0.15, -0.1) is 12.4 Å². The summed E-state index contributed by atoms with van der Waals surface area (Å²) in [5.41, 5.74) is 6.09. The molecule has 1 fully saturated rings. The predicted octanol–water partition coefficient (Wildman–Crippen LogP) is 2.18. The van der Waals surface area contributed by atoms with Crippen molar-refractivity contribution in [1.82, 2.24) is 19.9 Å². The Morgan fingerprint density at radius 1 is 1.16 bits per heavy atom. The standard InChI is InChI=1S/C16H14FN5O2.ClH/c17-10-2-4-11(5-3-10)22-13(23)7-6-12(20-22)14-19-15(21-24-14)16(18)8-1-9-16;/h2-7H,1,8-9,18H2;1H. The Labute approximate surface area is 148 Å². The third-order valence-electron chi connectivity index (χ3n) is 4.21. The van der Waals surface area contributed by atoms with Gasteiger partial charge < -0.3 is 10.3 Å². The summed E-state index contributed by atoms with van der Waals surface area (Å²) in [6.45, 7) is 0. The van der Waals surface area contributed by atoms with E-state index in [9.17, 15) is 9.18 Å². The largest absolute Gasteiger partial charge is 0.332 e. The molecule has 25 heavy (non-hydrogen) atoms. The van der Waals surface area contributed by atoms with E-state index in [0.29, 0.717) is 17.2 Å². The first-order valence-corrected chi connectivity index (χ1v) is 7.55. The summed E-state index contributed by atoms with van der Waals surface area (Å²) in [5, 5.41) is 8.16. The Morgan fingerprint density at radius 2 is 1.88 bits per heavy atom. The van der Waals surface area contributed by atoms with E-state index in [4.69, 9.17) is 10.3 Å². The average Bonchev–Trinajstić information content (AvgIpc) is 3.04. The van der Waals surface area contributed by atoms with E-state index >= 15 is 0 Å². The molecule has 1 aromatic carbocycles. The molecular formula is C16H15ClFN5O2. The summed E-state index contributed by atoms with van der Waals surface area (Å²) in [6.07, 6.45) is 2.66. The summed E-state index contributed by atoms with van der Waals surface area (Å²) in [5.74, 6) is 0.251. The van der Waals surface area contributed by atoms with Gasteiger partial charge in [-0.25, -0.2) is 4.39 Å². The second kappa shape index (κ2) is 6.38. The second-order valence-electron chi connectivity index (χ2n) is 5.88. The normalized spacial score (nSPS) is 15.3. The van der Waals surface area contributed by atoms with Crippen LogP contribution < -0.4 is 11.3 Å². The molecule has 0 radical (unpaired) electrons. The third kappa shape index (κ3) is 3.06. The molecule has 9 heteroatoms. The van der Waals surface area contributed by atoms with Crippen LogP contribution in [0.2, 0.25) is 0 Å². The SMILES string of the molecule is Cl.NC1(c2noc(-c3ccc(=O)n(-c4ccc(F)cc4)n3)n2)CCC1. The maximum Gasteiger partial charge on any atom is 0.278 e. The van der Waals surface area contributed by atoms with Crippen LogP contribution in [0.25, 0.3) is 17.3 Å². The molecule has 1 aliphatic carbocycles. The molecule has 0 amide bonds. The molecule has 130 valence electrons. The zero-order valence-corrected chi connectivity index (χ0v) is 13.9. The molecule has 0 bridgehead atoms. The number of benzene rings is 1. The zero-order chi connectivity index (χ0) is 16.7. The highest BCUT2D eigenvalue weighted by molar-refractivity contribution is 5.85. The van der Waals surface area contributed by atoms with Gasteiger partial charge in [-0.2, -0.15) is 14.8 Å². The van der Waals surface area contributed by atoms with E-state index in [-0.39, 0.29) is 23.9 Å². The quantitative estimate of drug-likeness (QED) is 0.765. The minimum absolute atomic E-state index is 0. The van der Waals surface area contributed by atoms with Crippen molar-refractivity contribution in [2.75, 3.05) is 0 Å². The fraction of sp³-hybridized carbons (Fsp3) is 0.250. The van der Waals surface area contributed by atoms with E-state index in [1.54, 1.807) is 0 Å². The first-order chi connectivity index (χ1) is 11.5. The van der Waals surface area contributed by atoms with Crippen molar-refractivity contribution in [3.63, 3.8) is 0 Å². The molecule has 1 saturated carbocycles. The van der Waals surface area contributed by atoms with Gasteiger partial charge in [0.15, 0.2) is 5.82 Å². The first kappa shape index (κ1) is 17.2. The summed E-state index contributed by atoms with van der Waals surface area (Å²) < 4.78 is 19.4. The summed E-state index contributed by atoms with van der Waals surface area (Å²) >= 11 is 0. The van der Waals surface area contributed by atoms with Gasteiger partial charge in [-0.1, -0.05) is 5.16 Å². The molecule has 2 aromatic heterocycles. The van der Waals surface area contributed by atoms with E-state index in [2.05, 4.69) is 15.2 Å². The minimum Gasteiger partial charge on any atom is -0.332 e. The third-order valence-corrected chi connectivity index (χ3v) is 4.21. The lowest BCUT2D eigenvalue weighted by molar-refractivity contribution is 0.229. The molecule has 0 spiro atoms. The molecule has 0 saturated heterocycles. The van der Waals surface area contributed by atoms with Crippen molar-refractivity contribution in [3.05, 3.63) is 58.4 Å². The maximum atomic E-state index is 13.0. The number of rotatable bonds is 3. The van der Waals surface area contributed by atoms with Crippen LogP contribution in [0.1, 0.15) is 25.1 Å². The Morgan fingerprint density at radius 3 is 2.52 bits per heavy atom. The Bertz CT molecular complexity index is 950. The van der Waals surface area contributed by atoms with Gasteiger partial charge in [0.25, 0.3) is 11.4 Å². The van der Waals surface area contributed by atoms with E-state index in [1.807, 2.05) is 0 Å². The number of aromatic nitrogens is 4. The van der Waals surface area contributed by atoms with Crippen molar-refractivity contribution < 1.29 is 8.91 Å². The Balaban J connectivity index is 0.00000182. The number of nitrogens with zero attached hydrogens (tertiary/aromatic N) is 4. The van der Waals surface area contributed by atoms with Gasteiger partial charge in [-0.05, 0) is 49.6 Å². The molecule has 4 rings (SSSR count). The lowest BCUT2D eigenvalue weighted by Gasteiger charge is -2.34. The molecule has 1 aliphatic rings. The van der Waals surface area contributed by atoms with Gasteiger partial charge in [-0.3, -0.25) is 4.79 Å². The van der Waals surface area contributed by atoms with Crippen LogP contribution in [0.4, 0.5) is 4.39 Å². The molecule has 2 heterocycles. The Kier molecular flexibility index (Phi) is 4.40. The van der Waals surface area contributed by atoms with Crippen LogP contribution in [0.15, 0.2) is 45.7 Å². The highest BCUT2D eigenvalue weighted by Crippen LogP contribution is 2.37. The number of nitrogens with two attached hydrogens (primary N) is 1. The zero-order valence-electron chi connectivity index (χ0n) is 13.1. The molecule has 2 N–H and O–H groups in total. The second-order valence-corrected chi connectivity index (χ2v) is 5.88. The van der Waals surface area contributed by atoms with Crippen LogP contribution in [0, 0.1) is 5.82 Å². The molecule has 3 aromatic rings. The summed E-state index contributed by atoms with van der Waals surface area (Å²) in [6, 6.07) is 8.30. The van der Waals surface area contributed by atoms with Crippen LogP contribution in [-0.4, -0.2) is 19.9 Å².